The van der Waals surface area contributed by atoms with Gasteiger partial charge >= 0.3 is 0 Å². The summed E-state index contributed by atoms with van der Waals surface area (Å²) >= 11 is 0. The van der Waals surface area contributed by atoms with Gasteiger partial charge in [0, 0.05) is 18.0 Å². The van der Waals surface area contributed by atoms with E-state index in [0.717, 1.165) is 34.8 Å². The topological polar surface area (TPSA) is 63.8 Å². The van der Waals surface area contributed by atoms with E-state index >= 15 is 0 Å². The molecule has 0 bridgehead atoms. The van der Waals surface area contributed by atoms with E-state index in [0.29, 0.717) is 11.6 Å². The van der Waals surface area contributed by atoms with Crippen molar-refractivity contribution in [2.75, 3.05) is 5.32 Å². The summed E-state index contributed by atoms with van der Waals surface area (Å²) in [6.45, 7) is 4.16. The number of nitrogens with one attached hydrogen (secondary N) is 1. The minimum atomic E-state index is 0.452. The van der Waals surface area contributed by atoms with Crippen LogP contribution in [-0.4, -0.2) is 21.2 Å². The lowest BCUT2D eigenvalue weighted by atomic mass is 10.1. The number of benzene rings is 1. The molecule has 0 radical (unpaired) electrons. The second-order valence-electron chi connectivity index (χ2n) is 7.25. The summed E-state index contributed by atoms with van der Waals surface area (Å²) in [5.74, 6) is 1.62. The molecule has 5 nitrogen and oxygen atoms in total. The lowest BCUT2D eigenvalue weighted by Crippen LogP contribution is -2.19. The third kappa shape index (κ3) is 3.43. The molecule has 1 aliphatic rings. The molecule has 0 amide bonds. The highest BCUT2D eigenvalue weighted by atomic mass is 16.5. The van der Waals surface area contributed by atoms with Crippen molar-refractivity contribution in [2.45, 2.75) is 64.8 Å². The molecule has 1 saturated carbocycles. The Bertz CT molecular complexity index is 877. The van der Waals surface area contributed by atoms with Gasteiger partial charge in [0.1, 0.15) is 17.0 Å². The summed E-state index contributed by atoms with van der Waals surface area (Å²) in [4.78, 5) is 9.43. The van der Waals surface area contributed by atoms with Gasteiger partial charge in [-0.2, -0.15) is 0 Å². The Morgan fingerprint density at radius 1 is 1.04 bits per heavy atom. The molecule has 136 valence electrons. The first-order chi connectivity index (χ1) is 12.7. The third-order valence-electron chi connectivity index (χ3n) is 5.20. The van der Waals surface area contributed by atoms with Crippen LogP contribution in [0.25, 0.3) is 22.4 Å². The Labute approximate surface area is 154 Å². The van der Waals surface area contributed by atoms with Gasteiger partial charge < -0.3 is 9.84 Å². The number of aryl methyl sites for hydroxylation is 2. The van der Waals surface area contributed by atoms with Gasteiger partial charge in [0.15, 0.2) is 5.82 Å². The van der Waals surface area contributed by atoms with Gasteiger partial charge in [-0.25, -0.2) is 9.97 Å². The van der Waals surface area contributed by atoms with Crippen LogP contribution in [0.1, 0.15) is 56.8 Å². The maximum Gasteiger partial charge on any atom is 0.228 e. The van der Waals surface area contributed by atoms with E-state index in [4.69, 9.17) is 14.5 Å². The average molecular weight is 350 g/mol. The molecule has 1 fully saturated rings. The van der Waals surface area contributed by atoms with Gasteiger partial charge in [0.25, 0.3) is 0 Å². The van der Waals surface area contributed by atoms with Crippen LogP contribution < -0.4 is 5.32 Å². The number of aromatic nitrogens is 3. The van der Waals surface area contributed by atoms with Crippen molar-refractivity contribution in [2.24, 2.45) is 0 Å². The van der Waals surface area contributed by atoms with Crippen LogP contribution in [0.15, 0.2) is 28.8 Å². The smallest absolute Gasteiger partial charge is 0.228 e. The van der Waals surface area contributed by atoms with E-state index in [9.17, 15) is 0 Å². The summed E-state index contributed by atoms with van der Waals surface area (Å²) in [6, 6.07) is 8.76. The fourth-order valence-electron chi connectivity index (χ4n) is 3.65. The largest absolute Gasteiger partial charge is 0.364 e. The zero-order chi connectivity index (χ0) is 17.9. The van der Waals surface area contributed by atoms with Crippen LogP contribution in [-0.2, 0) is 6.42 Å². The maximum absolute atomic E-state index is 5.70. The second-order valence-corrected chi connectivity index (χ2v) is 7.25. The van der Waals surface area contributed by atoms with Crippen molar-refractivity contribution < 1.29 is 4.52 Å². The molecule has 0 saturated heterocycles. The van der Waals surface area contributed by atoms with E-state index in [1.807, 2.05) is 0 Å². The van der Waals surface area contributed by atoms with Gasteiger partial charge in [-0.05, 0) is 19.8 Å². The molecular weight excluding hydrogens is 324 g/mol. The van der Waals surface area contributed by atoms with Crippen LogP contribution in [0, 0.1) is 6.92 Å². The van der Waals surface area contributed by atoms with Crippen molar-refractivity contribution in [3.63, 3.8) is 0 Å². The fraction of sp³-hybridized carbons (Fsp3) is 0.476. The van der Waals surface area contributed by atoms with Crippen molar-refractivity contribution in [3.8, 4) is 11.3 Å². The predicted octanol–water partition coefficient (Wildman–Crippen LogP) is 5.29. The Hall–Kier alpha value is -2.43. The maximum atomic E-state index is 5.70. The standard InChI is InChI=1S/C21H26N4O/c1-3-17-23-19-18(15-12-10-14(2)11-13-15)25-26-20(19)21(24-17)22-16-8-6-4-5-7-9-16/h10-13,16H,3-9H2,1-2H3,(H,22,23,24). The van der Waals surface area contributed by atoms with E-state index in [2.05, 4.69) is 48.6 Å². The molecule has 1 aromatic carbocycles. The summed E-state index contributed by atoms with van der Waals surface area (Å²) in [5.41, 5.74) is 4.51. The summed E-state index contributed by atoms with van der Waals surface area (Å²) in [7, 11) is 0. The molecule has 0 spiro atoms. The van der Waals surface area contributed by atoms with Crippen LogP contribution in [0.4, 0.5) is 5.82 Å². The summed E-state index contributed by atoms with van der Waals surface area (Å²) in [6.07, 6.45) is 8.37. The van der Waals surface area contributed by atoms with Gasteiger partial charge in [-0.15, -0.1) is 0 Å². The number of fused-ring (bicyclic) bond motifs is 1. The van der Waals surface area contributed by atoms with Crippen LogP contribution >= 0.6 is 0 Å². The fourth-order valence-corrected chi connectivity index (χ4v) is 3.65. The minimum Gasteiger partial charge on any atom is -0.364 e. The first-order valence-electron chi connectivity index (χ1n) is 9.74. The van der Waals surface area contributed by atoms with E-state index in [1.54, 1.807) is 0 Å². The van der Waals surface area contributed by atoms with Crippen LogP contribution in [0.3, 0.4) is 0 Å². The average Bonchev–Trinajstić information content (AvgIpc) is 2.92. The predicted molar refractivity (Wildman–Crippen MR) is 104 cm³/mol. The Kier molecular flexibility index (Phi) is 4.87. The molecule has 4 rings (SSSR count). The van der Waals surface area contributed by atoms with E-state index in [-0.39, 0.29) is 0 Å². The molecule has 0 unspecified atom stereocenters. The highest BCUT2D eigenvalue weighted by molar-refractivity contribution is 5.93. The van der Waals surface area contributed by atoms with Crippen LogP contribution in [0.2, 0.25) is 0 Å². The van der Waals surface area contributed by atoms with Crippen molar-refractivity contribution in [3.05, 3.63) is 35.7 Å². The molecule has 1 aliphatic carbocycles. The second kappa shape index (κ2) is 7.44. The first kappa shape index (κ1) is 17.0. The molecule has 26 heavy (non-hydrogen) atoms. The Morgan fingerprint density at radius 3 is 2.46 bits per heavy atom. The summed E-state index contributed by atoms with van der Waals surface area (Å²) in [5, 5.41) is 7.95. The van der Waals surface area contributed by atoms with Gasteiger partial charge in [-0.3, -0.25) is 0 Å². The quantitative estimate of drug-likeness (QED) is 0.648. The lowest BCUT2D eigenvalue weighted by Gasteiger charge is -2.17. The third-order valence-corrected chi connectivity index (χ3v) is 5.20. The Balaban J connectivity index is 1.74. The summed E-state index contributed by atoms with van der Waals surface area (Å²) < 4.78 is 5.70. The van der Waals surface area contributed by atoms with Gasteiger partial charge in [-0.1, -0.05) is 67.6 Å². The van der Waals surface area contributed by atoms with Crippen molar-refractivity contribution in [1.82, 2.24) is 15.1 Å². The molecule has 5 heteroatoms. The first-order valence-corrected chi connectivity index (χ1v) is 9.74. The number of hydrogen-bond donors (Lipinski definition) is 1. The molecule has 3 aromatic rings. The highest BCUT2D eigenvalue weighted by Gasteiger charge is 2.20. The Morgan fingerprint density at radius 2 is 1.77 bits per heavy atom. The number of hydrogen-bond acceptors (Lipinski definition) is 5. The van der Waals surface area contributed by atoms with Gasteiger partial charge in [0.2, 0.25) is 5.58 Å². The highest BCUT2D eigenvalue weighted by Crippen LogP contribution is 2.31. The molecule has 2 heterocycles. The molecule has 0 aliphatic heterocycles. The molecule has 1 N–H and O–H groups in total. The number of rotatable bonds is 4. The minimum absolute atomic E-state index is 0.452. The number of anilines is 1. The number of nitrogens with zero attached hydrogens (tertiary/aromatic N) is 3. The van der Waals surface area contributed by atoms with Crippen molar-refractivity contribution >= 4 is 16.9 Å². The molecular formula is C21H26N4O. The molecule has 2 aromatic heterocycles. The zero-order valence-electron chi connectivity index (χ0n) is 15.6. The monoisotopic (exact) mass is 350 g/mol. The lowest BCUT2D eigenvalue weighted by molar-refractivity contribution is 0.458. The SMILES string of the molecule is CCc1nc(NC2CCCCCC2)c2onc(-c3ccc(C)cc3)c2n1. The molecule has 0 atom stereocenters. The zero-order valence-corrected chi connectivity index (χ0v) is 15.6. The van der Waals surface area contributed by atoms with E-state index in [1.165, 1.54) is 44.1 Å². The van der Waals surface area contributed by atoms with Crippen molar-refractivity contribution in [1.29, 1.82) is 0 Å². The van der Waals surface area contributed by atoms with Crippen LogP contribution in [0.5, 0.6) is 0 Å². The van der Waals surface area contributed by atoms with E-state index < -0.39 is 0 Å². The normalized spacial score (nSPS) is 15.9. The van der Waals surface area contributed by atoms with Gasteiger partial charge in [0.05, 0.1) is 0 Å².